The van der Waals surface area contributed by atoms with Gasteiger partial charge in [-0.05, 0) is 28.7 Å². The lowest BCUT2D eigenvalue weighted by atomic mass is 9.98. The molecule has 4 N–H and O–H groups in total. The Kier molecular flexibility index (Phi) is 7.45. The lowest BCUT2D eigenvalue weighted by molar-refractivity contribution is -0.142. The number of nitrogens with one attached hydrogen (secondary N) is 3. The van der Waals surface area contributed by atoms with Gasteiger partial charge in [-0.15, -0.1) is 0 Å². The van der Waals surface area contributed by atoms with Crippen LogP contribution in [0.3, 0.4) is 0 Å². The molecule has 2 amide bonds. The predicted octanol–water partition coefficient (Wildman–Crippen LogP) is 3.23. The third-order valence-corrected chi connectivity index (χ3v) is 6.12. The van der Waals surface area contributed by atoms with Crippen molar-refractivity contribution in [1.82, 2.24) is 20.6 Å². The fourth-order valence-electron chi connectivity index (χ4n) is 4.43. The summed E-state index contributed by atoms with van der Waals surface area (Å²) in [6.07, 6.45) is 3.23. The summed E-state index contributed by atoms with van der Waals surface area (Å²) >= 11 is 0. The number of carbonyl (C=O) groups is 3. The van der Waals surface area contributed by atoms with Gasteiger partial charge in [0.1, 0.15) is 18.7 Å². The Hall–Kier alpha value is -4.14. The van der Waals surface area contributed by atoms with E-state index in [0.717, 1.165) is 22.3 Å². The Bertz CT molecular complexity index is 1150. The fourth-order valence-corrected chi connectivity index (χ4v) is 4.43. The van der Waals surface area contributed by atoms with Crippen LogP contribution >= 0.6 is 0 Å². The maximum atomic E-state index is 12.9. The SMILES string of the molecule is CCCC(NC(=O)[C@@H](Cc1cnc[nH]1)NC(=O)OCC1c2ccccc2-c2ccccc21)C(=O)O. The van der Waals surface area contributed by atoms with Crippen molar-refractivity contribution in [2.24, 2.45) is 0 Å². The van der Waals surface area contributed by atoms with Gasteiger partial charge in [0.25, 0.3) is 0 Å². The highest BCUT2D eigenvalue weighted by atomic mass is 16.5. The molecule has 35 heavy (non-hydrogen) atoms. The van der Waals surface area contributed by atoms with Gasteiger partial charge in [-0.2, -0.15) is 0 Å². The van der Waals surface area contributed by atoms with Crippen LogP contribution in [0.4, 0.5) is 4.79 Å². The summed E-state index contributed by atoms with van der Waals surface area (Å²) in [5.41, 5.74) is 5.01. The van der Waals surface area contributed by atoms with Crippen LogP contribution in [0.25, 0.3) is 11.1 Å². The van der Waals surface area contributed by atoms with E-state index in [-0.39, 0.29) is 25.4 Å². The smallest absolute Gasteiger partial charge is 0.407 e. The number of H-pyrrole nitrogens is 1. The molecule has 1 aromatic heterocycles. The van der Waals surface area contributed by atoms with Crippen LogP contribution in [0.5, 0.6) is 0 Å². The van der Waals surface area contributed by atoms with Gasteiger partial charge in [0.05, 0.1) is 6.33 Å². The number of amides is 2. The number of imidazole rings is 1. The number of alkyl carbamates (subject to hydrolysis) is 1. The molecular weight excluding hydrogens is 448 g/mol. The van der Waals surface area contributed by atoms with E-state index in [9.17, 15) is 19.5 Å². The molecule has 0 saturated carbocycles. The highest BCUT2D eigenvalue weighted by molar-refractivity contribution is 5.89. The van der Waals surface area contributed by atoms with Crippen molar-refractivity contribution in [3.63, 3.8) is 0 Å². The summed E-state index contributed by atoms with van der Waals surface area (Å²) in [4.78, 5) is 44.0. The van der Waals surface area contributed by atoms with E-state index in [1.807, 2.05) is 55.5 Å². The standard InChI is InChI=1S/C26H28N4O5/c1-2-7-22(25(32)33)29-24(31)23(12-16-13-27-15-28-16)30-26(34)35-14-21-19-10-5-3-8-17(19)18-9-4-6-11-20(18)21/h3-6,8-11,13,15,21-23H,2,7,12,14H2,1H3,(H,27,28)(H,29,31)(H,30,34)(H,32,33)/t22?,23-/m1/s1. The average molecular weight is 477 g/mol. The van der Waals surface area contributed by atoms with Gasteiger partial charge >= 0.3 is 12.1 Å². The third-order valence-electron chi connectivity index (χ3n) is 6.12. The number of hydrogen-bond donors (Lipinski definition) is 4. The molecule has 0 fully saturated rings. The number of aromatic nitrogens is 2. The van der Waals surface area contributed by atoms with Crippen LogP contribution in [0.2, 0.25) is 0 Å². The largest absolute Gasteiger partial charge is 0.480 e. The lowest BCUT2D eigenvalue weighted by Crippen LogP contribution is -2.52. The molecule has 0 spiro atoms. The number of aromatic amines is 1. The minimum Gasteiger partial charge on any atom is -0.480 e. The van der Waals surface area contributed by atoms with Crippen LogP contribution in [0.15, 0.2) is 61.1 Å². The maximum absolute atomic E-state index is 12.9. The number of ether oxygens (including phenoxy) is 1. The van der Waals surface area contributed by atoms with E-state index in [1.165, 1.54) is 6.33 Å². The van der Waals surface area contributed by atoms with E-state index in [1.54, 1.807) is 6.20 Å². The number of rotatable bonds is 10. The summed E-state index contributed by atoms with van der Waals surface area (Å²) < 4.78 is 5.57. The minimum atomic E-state index is -1.12. The summed E-state index contributed by atoms with van der Waals surface area (Å²) in [6, 6.07) is 13.9. The Labute approximate surface area is 202 Å². The highest BCUT2D eigenvalue weighted by Crippen LogP contribution is 2.44. The van der Waals surface area contributed by atoms with Crippen molar-refractivity contribution in [2.45, 2.75) is 44.2 Å². The first-order valence-corrected chi connectivity index (χ1v) is 11.6. The number of carboxylic acids is 1. The van der Waals surface area contributed by atoms with Crippen molar-refractivity contribution in [3.05, 3.63) is 77.9 Å². The van der Waals surface area contributed by atoms with Crippen molar-refractivity contribution < 1.29 is 24.2 Å². The first-order valence-electron chi connectivity index (χ1n) is 11.6. The Balaban J connectivity index is 1.44. The topological polar surface area (TPSA) is 133 Å². The molecule has 182 valence electrons. The predicted molar refractivity (Wildman–Crippen MR) is 129 cm³/mol. The molecule has 0 saturated heterocycles. The molecule has 1 aliphatic carbocycles. The normalized spacial score (nSPS) is 13.9. The van der Waals surface area contributed by atoms with E-state index in [0.29, 0.717) is 12.1 Å². The average Bonchev–Trinajstić information content (AvgIpc) is 3.48. The van der Waals surface area contributed by atoms with Crippen LogP contribution in [-0.4, -0.2) is 51.7 Å². The molecule has 3 aromatic rings. The first-order chi connectivity index (χ1) is 17.0. The lowest BCUT2D eigenvalue weighted by Gasteiger charge is -2.21. The van der Waals surface area contributed by atoms with Crippen LogP contribution in [0.1, 0.15) is 42.5 Å². The zero-order chi connectivity index (χ0) is 24.8. The Morgan fingerprint density at radius 1 is 1.03 bits per heavy atom. The zero-order valence-corrected chi connectivity index (χ0v) is 19.4. The number of carboxylic acid groups (broad SMARTS) is 1. The molecule has 1 heterocycles. The van der Waals surface area contributed by atoms with Crippen molar-refractivity contribution in [2.75, 3.05) is 6.61 Å². The maximum Gasteiger partial charge on any atom is 0.407 e. The summed E-state index contributed by atoms with van der Waals surface area (Å²) in [7, 11) is 0. The summed E-state index contributed by atoms with van der Waals surface area (Å²) in [5, 5.41) is 14.5. The van der Waals surface area contributed by atoms with Crippen molar-refractivity contribution in [3.8, 4) is 11.1 Å². The quantitative estimate of drug-likeness (QED) is 0.355. The second-order valence-electron chi connectivity index (χ2n) is 8.49. The number of nitrogens with zero attached hydrogens (tertiary/aromatic N) is 1. The molecule has 1 unspecified atom stereocenters. The van der Waals surface area contributed by atoms with Crippen LogP contribution < -0.4 is 10.6 Å². The molecule has 0 aliphatic heterocycles. The van der Waals surface area contributed by atoms with E-state index in [4.69, 9.17) is 4.74 Å². The first kappa shape index (κ1) is 24.0. The van der Waals surface area contributed by atoms with Crippen molar-refractivity contribution in [1.29, 1.82) is 0 Å². The Morgan fingerprint density at radius 2 is 1.69 bits per heavy atom. The van der Waals surface area contributed by atoms with E-state index in [2.05, 4.69) is 20.6 Å². The zero-order valence-electron chi connectivity index (χ0n) is 19.4. The van der Waals surface area contributed by atoms with Gasteiger partial charge in [-0.25, -0.2) is 14.6 Å². The fraction of sp³-hybridized carbons (Fsp3) is 0.308. The minimum absolute atomic E-state index is 0.103. The molecule has 0 bridgehead atoms. The summed E-state index contributed by atoms with van der Waals surface area (Å²) in [6.45, 7) is 1.94. The van der Waals surface area contributed by atoms with E-state index < -0.39 is 30.1 Å². The molecule has 2 atom stereocenters. The molecule has 1 aliphatic rings. The second kappa shape index (κ2) is 10.9. The third kappa shape index (κ3) is 5.51. The van der Waals surface area contributed by atoms with Crippen LogP contribution in [0, 0.1) is 0 Å². The number of benzene rings is 2. The van der Waals surface area contributed by atoms with Gasteiger partial charge in [-0.1, -0.05) is 61.9 Å². The van der Waals surface area contributed by atoms with Gasteiger partial charge in [-0.3, -0.25) is 4.79 Å². The number of hydrogen-bond acceptors (Lipinski definition) is 5. The molecule has 9 heteroatoms. The molecular formula is C26H28N4O5. The second-order valence-corrected chi connectivity index (χ2v) is 8.49. The number of fused-ring (bicyclic) bond motifs is 3. The summed E-state index contributed by atoms with van der Waals surface area (Å²) in [5.74, 6) is -1.84. The molecule has 9 nitrogen and oxygen atoms in total. The van der Waals surface area contributed by atoms with Gasteiger partial charge in [0, 0.05) is 24.2 Å². The monoisotopic (exact) mass is 476 g/mol. The Morgan fingerprint density at radius 3 is 2.26 bits per heavy atom. The van der Waals surface area contributed by atoms with Gasteiger partial charge in [0.15, 0.2) is 0 Å². The number of carbonyl (C=O) groups excluding carboxylic acids is 2. The molecule has 2 aromatic carbocycles. The van der Waals surface area contributed by atoms with Gasteiger partial charge < -0.3 is 25.5 Å². The molecule has 0 radical (unpaired) electrons. The number of aliphatic carboxylic acids is 1. The van der Waals surface area contributed by atoms with Crippen molar-refractivity contribution >= 4 is 18.0 Å². The highest BCUT2D eigenvalue weighted by Gasteiger charge is 2.31. The molecule has 4 rings (SSSR count). The van der Waals surface area contributed by atoms with Crippen LogP contribution in [-0.2, 0) is 20.7 Å². The van der Waals surface area contributed by atoms with E-state index >= 15 is 0 Å². The van der Waals surface area contributed by atoms with Gasteiger partial charge in [0.2, 0.25) is 5.91 Å².